The molecule has 1 heterocycles. The second-order valence-electron chi connectivity index (χ2n) is 2.10. The number of nitrogens with zero attached hydrogens (tertiary/aromatic N) is 2. The van der Waals surface area contributed by atoms with Crippen molar-refractivity contribution in [3.05, 3.63) is 28.0 Å². The zero-order chi connectivity index (χ0) is 8.27. The molecule has 0 aliphatic carbocycles. The molecule has 58 valence electrons. The summed E-state index contributed by atoms with van der Waals surface area (Å²) in [5.74, 6) is 0. The number of aromatic nitrogens is 1. The Hall–Kier alpha value is -0.900. The Kier molecular flexibility index (Phi) is 2.59. The highest BCUT2D eigenvalue weighted by Gasteiger charge is 1.95. The van der Waals surface area contributed by atoms with Crippen LogP contribution in [0, 0.1) is 6.92 Å². The lowest BCUT2D eigenvalue weighted by Gasteiger charge is -1.96. The van der Waals surface area contributed by atoms with E-state index in [1.807, 2.05) is 13.0 Å². The fourth-order valence-corrected chi connectivity index (χ4v) is 0.908. The smallest absolute Gasteiger partial charge is 0.0918 e. The molecule has 1 aromatic heterocycles. The maximum atomic E-state index is 8.20. The van der Waals surface area contributed by atoms with Crippen LogP contribution < -0.4 is 0 Å². The van der Waals surface area contributed by atoms with Gasteiger partial charge in [0.2, 0.25) is 0 Å². The first-order chi connectivity index (χ1) is 5.24. The van der Waals surface area contributed by atoms with E-state index in [2.05, 4.69) is 26.1 Å². The molecule has 11 heavy (non-hydrogen) atoms. The van der Waals surface area contributed by atoms with E-state index >= 15 is 0 Å². The lowest BCUT2D eigenvalue weighted by atomic mass is 10.2. The Balaban J connectivity index is 3.05. The molecular formula is C7H7BrN2O. The van der Waals surface area contributed by atoms with Crippen LogP contribution in [0.3, 0.4) is 0 Å². The minimum atomic E-state index is 0.646. The van der Waals surface area contributed by atoms with E-state index in [4.69, 9.17) is 5.21 Å². The molecule has 0 aliphatic heterocycles. The Morgan fingerprint density at radius 1 is 1.73 bits per heavy atom. The third-order valence-corrected chi connectivity index (χ3v) is 2.09. The molecule has 0 unspecified atom stereocenters. The van der Waals surface area contributed by atoms with Crippen molar-refractivity contribution in [1.82, 2.24) is 4.98 Å². The van der Waals surface area contributed by atoms with Gasteiger partial charge in [0, 0.05) is 10.7 Å². The molecule has 4 heteroatoms. The van der Waals surface area contributed by atoms with E-state index in [0.29, 0.717) is 5.69 Å². The van der Waals surface area contributed by atoms with Gasteiger partial charge in [-0.05, 0) is 34.5 Å². The van der Waals surface area contributed by atoms with E-state index < -0.39 is 0 Å². The van der Waals surface area contributed by atoms with Gasteiger partial charge in [0.25, 0.3) is 0 Å². The Morgan fingerprint density at radius 2 is 2.45 bits per heavy atom. The summed E-state index contributed by atoms with van der Waals surface area (Å²) in [5.41, 5.74) is 1.71. The lowest BCUT2D eigenvalue weighted by molar-refractivity contribution is 0.321. The molecule has 0 amide bonds. The van der Waals surface area contributed by atoms with Gasteiger partial charge in [0.05, 0.1) is 11.9 Å². The molecule has 1 N–H and O–H groups in total. The fourth-order valence-electron chi connectivity index (χ4n) is 0.691. The van der Waals surface area contributed by atoms with Crippen LogP contribution in [0.2, 0.25) is 0 Å². The molecule has 1 aromatic rings. The molecule has 0 bridgehead atoms. The summed E-state index contributed by atoms with van der Waals surface area (Å²) in [6.45, 7) is 1.94. The van der Waals surface area contributed by atoms with E-state index in [0.717, 1.165) is 10.0 Å². The van der Waals surface area contributed by atoms with Crippen LogP contribution in [0.1, 0.15) is 11.3 Å². The quantitative estimate of drug-likeness (QED) is 0.442. The highest BCUT2D eigenvalue weighted by molar-refractivity contribution is 9.10. The summed E-state index contributed by atoms with van der Waals surface area (Å²) in [7, 11) is 0. The van der Waals surface area contributed by atoms with E-state index in [1.54, 1.807) is 6.20 Å². The Labute approximate surface area is 72.9 Å². The van der Waals surface area contributed by atoms with Crippen molar-refractivity contribution < 1.29 is 5.21 Å². The molecule has 0 atom stereocenters. The predicted octanol–water partition coefficient (Wildman–Crippen LogP) is 1.96. The van der Waals surface area contributed by atoms with Crippen LogP contribution in [-0.2, 0) is 0 Å². The number of aryl methyl sites for hydroxylation is 1. The molecule has 0 radical (unpaired) electrons. The number of pyridine rings is 1. The predicted molar refractivity (Wildman–Crippen MR) is 46.1 cm³/mol. The van der Waals surface area contributed by atoms with Crippen molar-refractivity contribution in [2.45, 2.75) is 6.92 Å². The van der Waals surface area contributed by atoms with Gasteiger partial charge in [-0.25, -0.2) is 0 Å². The van der Waals surface area contributed by atoms with Crippen LogP contribution >= 0.6 is 15.9 Å². The average Bonchev–Trinajstić information content (AvgIpc) is 1.98. The van der Waals surface area contributed by atoms with Crippen LogP contribution in [0.4, 0.5) is 0 Å². The zero-order valence-corrected chi connectivity index (χ0v) is 7.54. The van der Waals surface area contributed by atoms with Gasteiger partial charge in [-0.15, -0.1) is 0 Å². The molecule has 0 saturated heterocycles. The number of hydrogen-bond donors (Lipinski definition) is 1. The molecule has 3 nitrogen and oxygen atoms in total. The minimum Gasteiger partial charge on any atom is -0.411 e. The fraction of sp³-hybridized carbons (Fsp3) is 0.143. The van der Waals surface area contributed by atoms with Crippen molar-refractivity contribution in [2.24, 2.45) is 5.16 Å². The first-order valence-corrected chi connectivity index (χ1v) is 3.83. The molecule has 0 spiro atoms. The van der Waals surface area contributed by atoms with Crippen LogP contribution in [-0.4, -0.2) is 16.4 Å². The van der Waals surface area contributed by atoms with Gasteiger partial charge in [-0.2, -0.15) is 0 Å². The number of hydrogen-bond acceptors (Lipinski definition) is 3. The topological polar surface area (TPSA) is 45.5 Å². The van der Waals surface area contributed by atoms with Crippen LogP contribution in [0.25, 0.3) is 0 Å². The minimum absolute atomic E-state index is 0.646. The van der Waals surface area contributed by atoms with E-state index in [-0.39, 0.29) is 0 Å². The summed E-state index contributed by atoms with van der Waals surface area (Å²) < 4.78 is 0.951. The van der Waals surface area contributed by atoms with Gasteiger partial charge >= 0.3 is 0 Å². The van der Waals surface area contributed by atoms with E-state index in [1.165, 1.54) is 6.21 Å². The highest BCUT2D eigenvalue weighted by atomic mass is 79.9. The van der Waals surface area contributed by atoms with Gasteiger partial charge in [-0.1, -0.05) is 5.16 Å². The second-order valence-corrected chi connectivity index (χ2v) is 2.96. The van der Waals surface area contributed by atoms with Gasteiger partial charge in [0.1, 0.15) is 0 Å². The van der Waals surface area contributed by atoms with Gasteiger partial charge < -0.3 is 5.21 Å². The molecule has 0 aliphatic rings. The third kappa shape index (κ3) is 2.01. The van der Waals surface area contributed by atoms with Crippen molar-refractivity contribution in [2.75, 3.05) is 0 Å². The number of oxime groups is 1. The summed E-state index contributed by atoms with van der Waals surface area (Å²) >= 11 is 3.31. The van der Waals surface area contributed by atoms with Crippen molar-refractivity contribution in [3.63, 3.8) is 0 Å². The van der Waals surface area contributed by atoms with Gasteiger partial charge in [-0.3, -0.25) is 4.98 Å². The maximum Gasteiger partial charge on any atom is 0.0918 e. The highest BCUT2D eigenvalue weighted by Crippen LogP contribution is 2.13. The zero-order valence-electron chi connectivity index (χ0n) is 5.95. The first-order valence-electron chi connectivity index (χ1n) is 3.03. The Bertz CT molecular complexity index is 286. The molecular weight excluding hydrogens is 208 g/mol. The van der Waals surface area contributed by atoms with Crippen molar-refractivity contribution in [1.29, 1.82) is 0 Å². The van der Waals surface area contributed by atoms with E-state index in [9.17, 15) is 0 Å². The molecule has 0 fully saturated rings. The molecule has 1 rings (SSSR count). The molecule has 0 saturated carbocycles. The van der Waals surface area contributed by atoms with Crippen LogP contribution in [0.15, 0.2) is 21.9 Å². The summed E-state index contributed by atoms with van der Waals surface area (Å²) in [5, 5.41) is 11.1. The summed E-state index contributed by atoms with van der Waals surface area (Å²) in [6.07, 6.45) is 2.96. The first kappa shape index (κ1) is 8.20. The van der Waals surface area contributed by atoms with Crippen LogP contribution in [0.5, 0.6) is 0 Å². The van der Waals surface area contributed by atoms with Crippen molar-refractivity contribution in [3.8, 4) is 0 Å². The summed E-state index contributed by atoms with van der Waals surface area (Å²) in [4.78, 5) is 3.97. The van der Waals surface area contributed by atoms with Gasteiger partial charge in [0.15, 0.2) is 0 Å². The largest absolute Gasteiger partial charge is 0.411 e. The average molecular weight is 215 g/mol. The number of halogens is 1. The SMILES string of the molecule is Cc1cc(/C=N/O)ncc1Br. The number of rotatable bonds is 1. The maximum absolute atomic E-state index is 8.20. The van der Waals surface area contributed by atoms with Crippen molar-refractivity contribution >= 4 is 22.1 Å². The standard InChI is InChI=1S/C7H7BrN2O/c1-5-2-6(3-10-11)9-4-7(5)8/h2-4,11H,1H3/b10-3+. The second kappa shape index (κ2) is 3.48. The monoisotopic (exact) mass is 214 g/mol. The third-order valence-electron chi connectivity index (χ3n) is 1.26. The molecule has 0 aromatic carbocycles. The Morgan fingerprint density at radius 3 is 3.00 bits per heavy atom. The lowest BCUT2D eigenvalue weighted by Crippen LogP contribution is -1.88. The summed E-state index contributed by atoms with van der Waals surface area (Å²) in [6, 6.07) is 1.82. The normalized spacial score (nSPS) is 10.7.